The topological polar surface area (TPSA) is 99.7 Å². The summed E-state index contributed by atoms with van der Waals surface area (Å²) < 4.78 is 4.72. The SMILES string of the molecule is COCC(O)CNC(=O)C1CNC(=O)CN1. The molecular weight excluding hydrogens is 214 g/mol. The van der Waals surface area contributed by atoms with E-state index in [1.165, 1.54) is 7.11 Å². The second-order valence-corrected chi connectivity index (χ2v) is 3.59. The molecule has 2 unspecified atom stereocenters. The first kappa shape index (κ1) is 12.9. The first-order chi connectivity index (χ1) is 7.63. The Morgan fingerprint density at radius 2 is 2.50 bits per heavy atom. The first-order valence-corrected chi connectivity index (χ1v) is 5.08. The Balaban J connectivity index is 2.22. The number of amides is 2. The maximum Gasteiger partial charge on any atom is 0.239 e. The standard InChI is InChI=1S/C9H17N3O4/c1-16-5-6(13)2-12-9(15)7-3-11-8(14)4-10-7/h6-7,10,13H,2-5H2,1H3,(H,11,14)(H,12,15). The van der Waals surface area contributed by atoms with E-state index < -0.39 is 12.1 Å². The van der Waals surface area contributed by atoms with E-state index in [-0.39, 0.29) is 38.1 Å². The molecule has 1 rings (SSSR count). The number of hydrogen-bond donors (Lipinski definition) is 4. The number of aliphatic hydroxyl groups excluding tert-OH is 1. The van der Waals surface area contributed by atoms with Gasteiger partial charge in [-0.2, -0.15) is 0 Å². The number of rotatable bonds is 5. The molecule has 0 bridgehead atoms. The van der Waals surface area contributed by atoms with E-state index in [1.807, 2.05) is 0 Å². The van der Waals surface area contributed by atoms with Crippen LogP contribution < -0.4 is 16.0 Å². The van der Waals surface area contributed by atoms with Gasteiger partial charge in [-0.1, -0.05) is 0 Å². The largest absolute Gasteiger partial charge is 0.389 e. The van der Waals surface area contributed by atoms with Crippen molar-refractivity contribution >= 4 is 11.8 Å². The number of aliphatic hydroxyl groups is 1. The molecule has 0 aromatic rings. The lowest BCUT2D eigenvalue weighted by atomic mass is 10.2. The average Bonchev–Trinajstić information content (AvgIpc) is 2.27. The molecule has 1 aliphatic heterocycles. The lowest BCUT2D eigenvalue weighted by molar-refractivity contribution is -0.127. The lowest BCUT2D eigenvalue weighted by Crippen LogP contribution is -2.58. The number of piperazine rings is 1. The fourth-order valence-electron chi connectivity index (χ4n) is 1.34. The van der Waals surface area contributed by atoms with Crippen LogP contribution in [0.2, 0.25) is 0 Å². The van der Waals surface area contributed by atoms with Gasteiger partial charge in [0.25, 0.3) is 0 Å². The van der Waals surface area contributed by atoms with Crippen LogP contribution in [0.4, 0.5) is 0 Å². The quantitative estimate of drug-likeness (QED) is 0.409. The maximum atomic E-state index is 11.5. The van der Waals surface area contributed by atoms with Crippen LogP contribution >= 0.6 is 0 Å². The smallest absolute Gasteiger partial charge is 0.239 e. The highest BCUT2D eigenvalue weighted by atomic mass is 16.5. The zero-order valence-electron chi connectivity index (χ0n) is 9.16. The third kappa shape index (κ3) is 4.13. The van der Waals surface area contributed by atoms with Crippen LogP contribution in [-0.4, -0.2) is 62.4 Å². The average molecular weight is 231 g/mol. The van der Waals surface area contributed by atoms with Crippen molar-refractivity contribution in [3.63, 3.8) is 0 Å². The molecule has 0 aromatic heterocycles. The number of carbonyl (C=O) groups excluding carboxylic acids is 2. The van der Waals surface area contributed by atoms with Crippen LogP contribution in [0.1, 0.15) is 0 Å². The maximum absolute atomic E-state index is 11.5. The van der Waals surface area contributed by atoms with Gasteiger partial charge >= 0.3 is 0 Å². The summed E-state index contributed by atoms with van der Waals surface area (Å²) in [6, 6.07) is -0.438. The summed E-state index contributed by atoms with van der Waals surface area (Å²) in [7, 11) is 1.48. The van der Waals surface area contributed by atoms with Gasteiger partial charge in [0.2, 0.25) is 11.8 Å². The molecule has 1 saturated heterocycles. The van der Waals surface area contributed by atoms with Gasteiger partial charge in [0.15, 0.2) is 0 Å². The first-order valence-electron chi connectivity index (χ1n) is 5.08. The monoisotopic (exact) mass is 231 g/mol. The fourth-order valence-corrected chi connectivity index (χ4v) is 1.34. The van der Waals surface area contributed by atoms with Crippen LogP contribution in [-0.2, 0) is 14.3 Å². The molecule has 92 valence electrons. The van der Waals surface area contributed by atoms with Crippen molar-refractivity contribution in [2.24, 2.45) is 0 Å². The highest BCUT2D eigenvalue weighted by Gasteiger charge is 2.23. The predicted octanol–water partition coefficient (Wildman–Crippen LogP) is -2.80. The van der Waals surface area contributed by atoms with E-state index in [1.54, 1.807) is 0 Å². The summed E-state index contributed by atoms with van der Waals surface area (Å²) in [6.07, 6.45) is -0.716. The second kappa shape index (κ2) is 6.41. The third-order valence-electron chi connectivity index (χ3n) is 2.20. The van der Waals surface area contributed by atoms with Crippen LogP contribution in [0.5, 0.6) is 0 Å². The molecule has 2 atom stereocenters. The summed E-state index contributed by atoms with van der Waals surface area (Å²) in [5.41, 5.74) is 0. The molecule has 1 heterocycles. The van der Waals surface area contributed by atoms with Crippen molar-refractivity contribution in [3.8, 4) is 0 Å². The molecule has 16 heavy (non-hydrogen) atoms. The van der Waals surface area contributed by atoms with Gasteiger partial charge in [-0.3, -0.25) is 14.9 Å². The molecule has 0 saturated carbocycles. The Morgan fingerprint density at radius 3 is 3.06 bits per heavy atom. The third-order valence-corrected chi connectivity index (χ3v) is 2.20. The van der Waals surface area contributed by atoms with Crippen molar-refractivity contribution in [2.75, 3.05) is 33.4 Å². The predicted molar refractivity (Wildman–Crippen MR) is 55.7 cm³/mol. The summed E-state index contributed by atoms with van der Waals surface area (Å²) >= 11 is 0. The summed E-state index contributed by atoms with van der Waals surface area (Å²) in [6.45, 7) is 0.720. The Bertz CT molecular complexity index is 249. The minimum Gasteiger partial charge on any atom is -0.389 e. The van der Waals surface area contributed by atoms with Gasteiger partial charge in [-0.15, -0.1) is 0 Å². The van der Waals surface area contributed by atoms with E-state index in [0.717, 1.165) is 0 Å². The normalized spacial score (nSPS) is 22.4. The highest BCUT2D eigenvalue weighted by Crippen LogP contribution is 1.89. The van der Waals surface area contributed by atoms with Crippen molar-refractivity contribution in [2.45, 2.75) is 12.1 Å². The number of hydrogen-bond acceptors (Lipinski definition) is 5. The molecule has 0 radical (unpaired) electrons. The van der Waals surface area contributed by atoms with Crippen LogP contribution in [0.25, 0.3) is 0 Å². The number of carbonyl (C=O) groups is 2. The van der Waals surface area contributed by atoms with Crippen molar-refractivity contribution < 1.29 is 19.4 Å². The van der Waals surface area contributed by atoms with Crippen LogP contribution in [0.3, 0.4) is 0 Å². The highest BCUT2D eigenvalue weighted by molar-refractivity contribution is 5.86. The van der Waals surface area contributed by atoms with E-state index in [9.17, 15) is 14.7 Å². The summed E-state index contributed by atoms with van der Waals surface area (Å²) in [4.78, 5) is 22.4. The Morgan fingerprint density at radius 1 is 1.75 bits per heavy atom. The lowest BCUT2D eigenvalue weighted by Gasteiger charge is -2.23. The van der Waals surface area contributed by atoms with Gasteiger partial charge in [0.05, 0.1) is 19.3 Å². The molecule has 0 aromatic carbocycles. The number of nitrogens with one attached hydrogen (secondary N) is 3. The minimum absolute atomic E-state index is 0.122. The van der Waals surface area contributed by atoms with Gasteiger partial charge < -0.3 is 20.5 Å². The zero-order chi connectivity index (χ0) is 12.0. The van der Waals surface area contributed by atoms with E-state index >= 15 is 0 Å². The summed E-state index contributed by atoms with van der Waals surface area (Å²) in [5.74, 6) is -0.362. The molecule has 1 fully saturated rings. The Kier molecular flexibility index (Phi) is 5.17. The molecule has 7 heteroatoms. The van der Waals surface area contributed by atoms with Gasteiger partial charge in [0.1, 0.15) is 6.04 Å². The second-order valence-electron chi connectivity index (χ2n) is 3.59. The van der Waals surface area contributed by atoms with Crippen molar-refractivity contribution in [3.05, 3.63) is 0 Å². The molecule has 0 spiro atoms. The van der Waals surface area contributed by atoms with Crippen molar-refractivity contribution in [1.82, 2.24) is 16.0 Å². The van der Waals surface area contributed by atoms with Crippen molar-refractivity contribution in [1.29, 1.82) is 0 Å². The van der Waals surface area contributed by atoms with Gasteiger partial charge in [0, 0.05) is 20.2 Å². The van der Waals surface area contributed by atoms with Crippen LogP contribution in [0, 0.1) is 0 Å². The van der Waals surface area contributed by atoms with Gasteiger partial charge in [-0.25, -0.2) is 0 Å². The molecule has 4 N–H and O–H groups in total. The Labute approximate surface area is 93.5 Å². The Hall–Kier alpha value is -1.18. The molecule has 1 aliphatic rings. The molecule has 2 amide bonds. The van der Waals surface area contributed by atoms with E-state index in [2.05, 4.69) is 16.0 Å². The van der Waals surface area contributed by atoms with Crippen LogP contribution in [0.15, 0.2) is 0 Å². The molecule has 0 aliphatic carbocycles. The minimum atomic E-state index is -0.716. The molecular formula is C9H17N3O4. The number of methoxy groups -OCH3 is 1. The van der Waals surface area contributed by atoms with E-state index in [0.29, 0.717) is 0 Å². The molecule has 7 nitrogen and oxygen atoms in total. The number of ether oxygens (including phenoxy) is 1. The van der Waals surface area contributed by atoms with E-state index in [4.69, 9.17) is 4.74 Å². The zero-order valence-corrected chi connectivity index (χ0v) is 9.16. The van der Waals surface area contributed by atoms with Gasteiger partial charge in [-0.05, 0) is 0 Å². The summed E-state index contributed by atoms with van der Waals surface area (Å²) in [5, 5.41) is 17.2. The fraction of sp³-hybridized carbons (Fsp3) is 0.778.